The lowest BCUT2D eigenvalue weighted by Gasteiger charge is -2.19. The molecule has 0 radical (unpaired) electrons. The van der Waals surface area contributed by atoms with Crippen LogP contribution in [0.15, 0.2) is 95.7 Å². The lowest BCUT2D eigenvalue weighted by Crippen LogP contribution is -2.87. The molecule has 2 aromatic heterocycles. The van der Waals surface area contributed by atoms with Crippen molar-refractivity contribution in [2.45, 2.75) is 12.1 Å². The van der Waals surface area contributed by atoms with Crippen molar-refractivity contribution in [3.8, 4) is 0 Å². The van der Waals surface area contributed by atoms with Gasteiger partial charge in [0.1, 0.15) is 6.04 Å². The first-order chi connectivity index (χ1) is 14.3. The average Bonchev–Trinajstić information content (AvgIpc) is 3.48. The van der Waals surface area contributed by atoms with Crippen LogP contribution in [0.1, 0.15) is 33.0 Å². The van der Waals surface area contributed by atoms with Crippen molar-refractivity contribution in [2.24, 2.45) is 0 Å². The maximum atomic E-state index is 12.9. The third-order valence-electron chi connectivity index (χ3n) is 4.81. The maximum absolute atomic E-state index is 12.9. The monoisotopic (exact) mass is 419 g/mol. The molecule has 5 heteroatoms. The maximum Gasteiger partial charge on any atom is 0.275 e. The van der Waals surface area contributed by atoms with Crippen LogP contribution in [-0.2, 0) is 4.79 Å². The molecule has 3 nitrogen and oxygen atoms in total. The van der Waals surface area contributed by atoms with Crippen LogP contribution in [0.2, 0.25) is 0 Å². The van der Waals surface area contributed by atoms with E-state index < -0.39 is 0 Å². The molecule has 0 saturated carbocycles. The van der Waals surface area contributed by atoms with Crippen LogP contribution in [-0.4, -0.2) is 12.5 Å². The number of amides is 1. The summed E-state index contributed by atoms with van der Waals surface area (Å²) in [7, 11) is 0. The number of nitrogens with two attached hydrogens (primary N) is 1. The van der Waals surface area contributed by atoms with Gasteiger partial charge in [0.25, 0.3) is 5.91 Å². The van der Waals surface area contributed by atoms with Crippen molar-refractivity contribution in [3.05, 3.63) is 117 Å². The van der Waals surface area contributed by atoms with Gasteiger partial charge in [0, 0.05) is 10.4 Å². The number of benzene rings is 2. The predicted octanol–water partition coefficient (Wildman–Crippen LogP) is 4.37. The molecule has 0 unspecified atom stereocenters. The van der Waals surface area contributed by atoms with E-state index in [0.717, 1.165) is 10.4 Å². The van der Waals surface area contributed by atoms with Crippen LogP contribution in [0.5, 0.6) is 0 Å². The van der Waals surface area contributed by atoms with Gasteiger partial charge in [-0.3, -0.25) is 4.79 Å². The molecular weight excluding hydrogens is 396 g/mol. The Balaban J connectivity index is 1.47. The van der Waals surface area contributed by atoms with Gasteiger partial charge in [0.05, 0.1) is 10.9 Å². The number of hydrogen-bond donors (Lipinski definition) is 2. The Hall–Kier alpha value is -2.73. The van der Waals surface area contributed by atoms with Crippen LogP contribution < -0.4 is 10.6 Å². The summed E-state index contributed by atoms with van der Waals surface area (Å²) < 4.78 is 0. The molecule has 1 amide bonds. The standard InChI is InChI=1S/C24H22N2OS2/c27-22(26-24(21-14-8-16-29-21)19-11-5-2-6-12-19)17-25-23(20-13-7-15-28-20)18-9-3-1-4-10-18/h1-16,23-25H,17H2,(H,26,27)/p+1/t23-,24+/m0/s1. The molecular formula is C24H23N2OS2+. The third-order valence-corrected chi connectivity index (χ3v) is 6.71. The highest BCUT2D eigenvalue weighted by molar-refractivity contribution is 7.10. The zero-order valence-electron chi connectivity index (χ0n) is 15.9. The van der Waals surface area contributed by atoms with Gasteiger partial charge in [0.15, 0.2) is 6.54 Å². The highest BCUT2D eigenvalue weighted by atomic mass is 32.1. The molecule has 0 spiro atoms. The summed E-state index contributed by atoms with van der Waals surface area (Å²) in [5.41, 5.74) is 2.31. The summed E-state index contributed by atoms with van der Waals surface area (Å²) in [6.07, 6.45) is 0. The quantitative estimate of drug-likeness (QED) is 0.438. The molecule has 0 fully saturated rings. The van der Waals surface area contributed by atoms with Crippen LogP contribution in [0, 0.1) is 0 Å². The Morgan fingerprint density at radius 2 is 1.34 bits per heavy atom. The number of hydrogen-bond acceptors (Lipinski definition) is 3. The molecule has 4 aromatic rings. The first kappa shape index (κ1) is 19.6. The molecule has 146 valence electrons. The molecule has 0 saturated heterocycles. The fourth-order valence-electron chi connectivity index (χ4n) is 3.41. The topological polar surface area (TPSA) is 45.7 Å². The van der Waals surface area contributed by atoms with E-state index in [0.29, 0.717) is 6.54 Å². The lowest BCUT2D eigenvalue weighted by molar-refractivity contribution is -0.676. The highest BCUT2D eigenvalue weighted by Crippen LogP contribution is 2.26. The Labute approximate surface area is 179 Å². The highest BCUT2D eigenvalue weighted by Gasteiger charge is 2.22. The van der Waals surface area contributed by atoms with Crippen molar-refractivity contribution in [3.63, 3.8) is 0 Å². The van der Waals surface area contributed by atoms with Gasteiger partial charge in [-0.05, 0) is 28.5 Å². The zero-order chi connectivity index (χ0) is 19.9. The van der Waals surface area contributed by atoms with E-state index in [2.05, 4.69) is 58.5 Å². The molecule has 2 aromatic carbocycles. The van der Waals surface area contributed by atoms with E-state index in [1.165, 1.54) is 10.4 Å². The minimum atomic E-state index is -0.117. The smallest absolute Gasteiger partial charge is 0.275 e. The predicted molar refractivity (Wildman–Crippen MR) is 120 cm³/mol. The normalized spacial score (nSPS) is 13.0. The molecule has 2 heterocycles. The van der Waals surface area contributed by atoms with E-state index in [-0.39, 0.29) is 18.0 Å². The van der Waals surface area contributed by atoms with Crippen molar-refractivity contribution in [1.82, 2.24) is 5.32 Å². The number of carbonyl (C=O) groups is 1. The van der Waals surface area contributed by atoms with E-state index >= 15 is 0 Å². The molecule has 4 rings (SSSR count). The van der Waals surface area contributed by atoms with Gasteiger partial charge in [-0.2, -0.15) is 0 Å². The minimum Gasteiger partial charge on any atom is -0.339 e. The Kier molecular flexibility index (Phi) is 6.52. The second-order valence-corrected chi connectivity index (χ2v) is 8.73. The first-order valence-corrected chi connectivity index (χ1v) is 11.4. The SMILES string of the molecule is O=C(C[NH2+][C@@H](c1ccccc1)c1cccs1)N[C@H](c1ccccc1)c1cccs1. The van der Waals surface area contributed by atoms with Crippen molar-refractivity contribution in [2.75, 3.05) is 6.54 Å². The summed E-state index contributed by atoms with van der Waals surface area (Å²) in [6.45, 7) is 0.367. The zero-order valence-corrected chi connectivity index (χ0v) is 17.5. The van der Waals surface area contributed by atoms with Crippen LogP contribution >= 0.6 is 22.7 Å². The fourth-order valence-corrected chi connectivity index (χ4v) is 5.06. The van der Waals surface area contributed by atoms with Crippen molar-refractivity contribution < 1.29 is 10.1 Å². The summed E-state index contributed by atoms with van der Waals surface area (Å²) in [5.74, 6) is 0.0322. The average molecular weight is 420 g/mol. The van der Waals surface area contributed by atoms with Crippen LogP contribution in [0.4, 0.5) is 0 Å². The largest absolute Gasteiger partial charge is 0.339 e. The minimum absolute atomic E-state index is 0.0322. The number of thiophene rings is 2. The van der Waals surface area contributed by atoms with Crippen LogP contribution in [0.3, 0.4) is 0 Å². The van der Waals surface area contributed by atoms with Gasteiger partial charge in [-0.1, -0.05) is 72.8 Å². The molecule has 0 aliphatic heterocycles. The van der Waals surface area contributed by atoms with Gasteiger partial charge >= 0.3 is 0 Å². The first-order valence-electron chi connectivity index (χ1n) is 9.60. The summed E-state index contributed by atoms with van der Waals surface area (Å²) in [5, 5.41) is 9.48. The fraction of sp³-hybridized carbons (Fsp3) is 0.125. The molecule has 0 aliphatic rings. The molecule has 0 aliphatic carbocycles. The van der Waals surface area contributed by atoms with Crippen molar-refractivity contribution in [1.29, 1.82) is 0 Å². The summed E-state index contributed by atoms with van der Waals surface area (Å²) in [4.78, 5) is 15.3. The Bertz CT molecular complexity index is 1000. The van der Waals surface area contributed by atoms with Gasteiger partial charge in [-0.25, -0.2) is 0 Å². The molecule has 2 atom stereocenters. The summed E-state index contributed by atoms with van der Waals surface area (Å²) in [6, 6.07) is 28.8. The van der Waals surface area contributed by atoms with E-state index in [1.807, 2.05) is 47.8 Å². The molecule has 0 bridgehead atoms. The van der Waals surface area contributed by atoms with Crippen molar-refractivity contribution >= 4 is 28.6 Å². The van der Waals surface area contributed by atoms with Gasteiger partial charge < -0.3 is 10.6 Å². The Morgan fingerprint density at radius 1 is 0.759 bits per heavy atom. The van der Waals surface area contributed by atoms with Gasteiger partial charge in [-0.15, -0.1) is 22.7 Å². The molecule has 3 N–H and O–H groups in total. The Morgan fingerprint density at radius 3 is 1.93 bits per heavy atom. The number of carbonyl (C=O) groups excluding carboxylic acids is 1. The van der Waals surface area contributed by atoms with E-state index in [9.17, 15) is 4.79 Å². The molecule has 29 heavy (non-hydrogen) atoms. The van der Waals surface area contributed by atoms with E-state index in [4.69, 9.17) is 0 Å². The van der Waals surface area contributed by atoms with E-state index in [1.54, 1.807) is 22.7 Å². The number of rotatable bonds is 8. The lowest BCUT2D eigenvalue weighted by atomic mass is 10.0. The second-order valence-electron chi connectivity index (χ2n) is 6.77. The van der Waals surface area contributed by atoms with Crippen LogP contribution in [0.25, 0.3) is 0 Å². The number of nitrogens with one attached hydrogen (secondary N) is 1. The summed E-state index contributed by atoms with van der Waals surface area (Å²) >= 11 is 3.39. The third kappa shape index (κ3) is 5.01. The van der Waals surface area contributed by atoms with Gasteiger partial charge in [0.2, 0.25) is 0 Å². The second kappa shape index (κ2) is 9.65. The number of quaternary nitrogens is 1.